The first kappa shape index (κ1) is 12.7. The van der Waals surface area contributed by atoms with Crippen LogP contribution in [0.3, 0.4) is 0 Å². The molecule has 2 bridgehead atoms. The van der Waals surface area contributed by atoms with Gasteiger partial charge in [-0.2, -0.15) is 0 Å². The van der Waals surface area contributed by atoms with E-state index in [4.69, 9.17) is 4.74 Å². The smallest absolute Gasteiger partial charge is 0.148 e. The molecule has 0 spiro atoms. The third-order valence-electron chi connectivity index (χ3n) is 3.59. The van der Waals surface area contributed by atoms with Crippen molar-refractivity contribution in [3.8, 4) is 0 Å². The van der Waals surface area contributed by atoms with E-state index in [2.05, 4.69) is 0 Å². The van der Waals surface area contributed by atoms with Crippen molar-refractivity contribution in [2.24, 2.45) is 11.8 Å². The normalized spacial score (nSPS) is 39.4. The van der Waals surface area contributed by atoms with E-state index in [1.54, 1.807) is 19.1 Å². The highest BCUT2D eigenvalue weighted by Gasteiger charge is 2.47. The fourth-order valence-electron chi connectivity index (χ4n) is 2.81. The first-order valence-corrected chi connectivity index (χ1v) is 6.22. The van der Waals surface area contributed by atoms with Crippen LogP contribution in [0.2, 0.25) is 0 Å². The Balaban J connectivity index is 1.96. The number of rotatable bonds is 4. The maximum atomic E-state index is 11.9. The molecule has 2 aliphatic carbocycles. The van der Waals surface area contributed by atoms with E-state index in [1.807, 2.05) is 6.92 Å². The van der Waals surface area contributed by atoms with Gasteiger partial charge >= 0.3 is 0 Å². The number of hydrogen-bond donors (Lipinski definition) is 2. The van der Waals surface area contributed by atoms with Gasteiger partial charge in [0.1, 0.15) is 5.78 Å². The summed E-state index contributed by atoms with van der Waals surface area (Å²) in [5, 5.41) is 18.9. The molecule has 0 saturated heterocycles. The summed E-state index contributed by atoms with van der Waals surface area (Å²) < 4.78 is 5.81. The molecular formula is C13H20O4. The fraction of sp³-hybridized carbons (Fsp3) is 0.769. The highest BCUT2D eigenvalue weighted by molar-refractivity contribution is 5.89. The molecule has 0 aromatic carbocycles. The Labute approximate surface area is 101 Å². The number of ether oxygens (including phenoxy) is 1. The van der Waals surface area contributed by atoms with Gasteiger partial charge in [0.25, 0.3) is 0 Å². The number of fused-ring (bicyclic) bond motifs is 2. The van der Waals surface area contributed by atoms with Gasteiger partial charge in [-0.1, -0.05) is 12.2 Å². The zero-order chi connectivity index (χ0) is 12.6. The Morgan fingerprint density at radius 2 is 2.18 bits per heavy atom. The summed E-state index contributed by atoms with van der Waals surface area (Å²) in [7, 11) is 0. The number of Topliss-reactive ketones (excluding diaryl/α,β-unsaturated/α-hetero) is 1. The Hall–Kier alpha value is -0.710. The van der Waals surface area contributed by atoms with E-state index in [-0.39, 0.29) is 29.8 Å². The van der Waals surface area contributed by atoms with Gasteiger partial charge in [0, 0.05) is 0 Å². The predicted molar refractivity (Wildman–Crippen MR) is 62.4 cm³/mol. The fourth-order valence-corrected chi connectivity index (χ4v) is 2.81. The van der Waals surface area contributed by atoms with Crippen LogP contribution in [0.1, 0.15) is 26.7 Å². The van der Waals surface area contributed by atoms with Crippen LogP contribution in [0.15, 0.2) is 12.2 Å². The minimum atomic E-state index is -0.653. The molecule has 0 aliphatic heterocycles. The van der Waals surface area contributed by atoms with Crippen molar-refractivity contribution in [2.75, 3.05) is 0 Å². The summed E-state index contributed by atoms with van der Waals surface area (Å²) in [5.74, 6) is -0.414. The summed E-state index contributed by atoms with van der Waals surface area (Å²) in [4.78, 5) is 11.9. The van der Waals surface area contributed by atoms with Crippen molar-refractivity contribution in [3.63, 3.8) is 0 Å². The number of carbonyl (C=O) groups excluding carboxylic acids is 1. The second kappa shape index (κ2) is 4.88. The minimum absolute atomic E-state index is 0.0716. The lowest BCUT2D eigenvalue weighted by atomic mass is 9.91. The monoisotopic (exact) mass is 240 g/mol. The highest BCUT2D eigenvalue weighted by atomic mass is 16.5. The largest absolute Gasteiger partial charge is 0.393 e. The molecule has 17 heavy (non-hydrogen) atoms. The molecule has 1 saturated carbocycles. The third kappa shape index (κ3) is 2.59. The number of hydrogen-bond acceptors (Lipinski definition) is 4. The van der Waals surface area contributed by atoms with Crippen molar-refractivity contribution in [3.05, 3.63) is 12.2 Å². The van der Waals surface area contributed by atoms with Gasteiger partial charge in [0.2, 0.25) is 0 Å². The molecule has 2 N–H and O–H groups in total. The van der Waals surface area contributed by atoms with Gasteiger partial charge in [0.05, 0.1) is 36.3 Å². The number of aliphatic hydroxyl groups is 2. The van der Waals surface area contributed by atoms with Gasteiger partial charge in [-0.3, -0.25) is 4.79 Å². The molecule has 4 heteroatoms. The molecule has 0 aromatic heterocycles. The number of carbonyl (C=O) groups is 1. The molecule has 0 aromatic rings. The average molecular weight is 240 g/mol. The number of ketones is 1. The van der Waals surface area contributed by atoms with Gasteiger partial charge in [-0.15, -0.1) is 0 Å². The molecule has 2 aliphatic rings. The average Bonchev–Trinajstić information content (AvgIpc) is 2.40. The van der Waals surface area contributed by atoms with Gasteiger partial charge in [0.15, 0.2) is 0 Å². The van der Waals surface area contributed by atoms with E-state index < -0.39 is 12.2 Å². The zero-order valence-electron chi connectivity index (χ0n) is 10.2. The van der Waals surface area contributed by atoms with Gasteiger partial charge in [-0.25, -0.2) is 0 Å². The lowest BCUT2D eigenvalue weighted by molar-refractivity contribution is -0.126. The van der Waals surface area contributed by atoms with Crippen LogP contribution in [0.25, 0.3) is 0 Å². The quantitative estimate of drug-likeness (QED) is 0.709. The molecule has 2 rings (SSSR count). The maximum Gasteiger partial charge on any atom is 0.148 e. The summed E-state index contributed by atoms with van der Waals surface area (Å²) >= 11 is 0. The molecule has 0 amide bonds. The number of aliphatic hydroxyl groups excluding tert-OH is 2. The molecule has 0 radical (unpaired) electrons. The Morgan fingerprint density at radius 3 is 2.76 bits per heavy atom. The first-order chi connectivity index (χ1) is 7.99. The zero-order valence-corrected chi connectivity index (χ0v) is 10.2. The predicted octanol–water partition coefficient (Wildman–Crippen LogP) is 0.667. The molecular weight excluding hydrogens is 220 g/mol. The van der Waals surface area contributed by atoms with Crippen molar-refractivity contribution in [1.29, 1.82) is 0 Å². The molecule has 6 atom stereocenters. The molecule has 0 heterocycles. The van der Waals surface area contributed by atoms with Crippen LogP contribution in [-0.4, -0.2) is 40.4 Å². The van der Waals surface area contributed by atoms with Crippen LogP contribution < -0.4 is 0 Å². The topological polar surface area (TPSA) is 66.8 Å². The molecule has 96 valence electrons. The molecule has 1 fully saturated rings. The SMILES string of the molecule is C[C@H](O)C[C@@H](C)OC1C[C@@H]2C(=O)C1C=CC2O. The summed E-state index contributed by atoms with van der Waals surface area (Å²) in [6, 6.07) is 0. The van der Waals surface area contributed by atoms with Crippen molar-refractivity contribution in [1.82, 2.24) is 0 Å². The second-order valence-electron chi connectivity index (χ2n) is 5.22. The van der Waals surface area contributed by atoms with Crippen LogP contribution in [0.4, 0.5) is 0 Å². The lowest BCUT2D eigenvalue weighted by Gasteiger charge is -2.22. The van der Waals surface area contributed by atoms with E-state index in [1.165, 1.54) is 0 Å². The van der Waals surface area contributed by atoms with E-state index >= 15 is 0 Å². The van der Waals surface area contributed by atoms with Crippen LogP contribution in [-0.2, 0) is 9.53 Å². The second-order valence-corrected chi connectivity index (χ2v) is 5.22. The first-order valence-electron chi connectivity index (χ1n) is 6.22. The van der Waals surface area contributed by atoms with Crippen molar-refractivity contribution >= 4 is 5.78 Å². The van der Waals surface area contributed by atoms with Gasteiger partial charge < -0.3 is 14.9 Å². The Kier molecular flexibility index (Phi) is 3.66. The van der Waals surface area contributed by atoms with Crippen LogP contribution >= 0.6 is 0 Å². The van der Waals surface area contributed by atoms with E-state index in [0.29, 0.717) is 12.8 Å². The van der Waals surface area contributed by atoms with Crippen LogP contribution in [0, 0.1) is 11.8 Å². The van der Waals surface area contributed by atoms with Crippen LogP contribution in [0.5, 0.6) is 0 Å². The third-order valence-corrected chi connectivity index (χ3v) is 3.59. The van der Waals surface area contributed by atoms with E-state index in [0.717, 1.165) is 0 Å². The minimum Gasteiger partial charge on any atom is -0.393 e. The molecule has 3 unspecified atom stereocenters. The van der Waals surface area contributed by atoms with Crippen molar-refractivity contribution in [2.45, 2.75) is 51.1 Å². The summed E-state index contributed by atoms with van der Waals surface area (Å²) in [6.07, 6.45) is 3.33. The standard InChI is InChI=1S/C13H20O4/c1-7(14)5-8(2)17-12-6-10-11(15)4-3-9(12)13(10)16/h3-4,7-12,14-15H,5-6H2,1-2H3/t7-,8+,9?,10-,11?,12?/m0/s1. The Bertz CT molecular complexity index is 323. The van der Waals surface area contributed by atoms with E-state index in [9.17, 15) is 15.0 Å². The van der Waals surface area contributed by atoms with Gasteiger partial charge in [-0.05, 0) is 26.7 Å². The van der Waals surface area contributed by atoms with Crippen molar-refractivity contribution < 1.29 is 19.7 Å². The lowest BCUT2D eigenvalue weighted by Crippen LogP contribution is -2.30. The molecule has 4 nitrogen and oxygen atoms in total. The summed E-state index contributed by atoms with van der Waals surface area (Å²) in [6.45, 7) is 3.63. The summed E-state index contributed by atoms with van der Waals surface area (Å²) in [5.41, 5.74) is 0. The maximum absolute atomic E-state index is 11.9. The Morgan fingerprint density at radius 1 is 1.47 bits per heavy atom. The highest BCUT2D eigenvalue weighted by Crippen LogP contribution is 2.38.